The third-order valence-electron chi connectivity index (χ3n) is 2.83. The maximum atomic E-state index is 4.41. The molecule has 2 aromatic heterocycles. The second-order valence-electron chi connectivity index (χ2n) is 4.17. The molecule has 1 aromatic carbocycles. The van der Waals surface area contributed by atoms with Crippen LogP contribution in [0.4, 0.5) is 5.69 Å². The largest absolute Gasteiger partial charge is 0.386 e. The van der Waals surface area contributed by atoms with Crippen LogP contribution in [-0.2, 0) is 0 Å². The number of benzene rings is 1. The predicted molar refractivity (Wildman–Crippen MR) is 82.3 cm³/mol. The van der Waals surface area contributed by atoms with E-state index in [1.165, 1.54) is 10.5 Å². The summed E-state index contributed by atoms with van der Waals surface area (Å²) in [4.78, 5) is 9.96. The number of aryl methyl sites for hydroxylation is 1. The van der Waals surface area contributed by atoms with Crippen molar-refractivity contribution in [2.24, 2.45) is 0 Å². The molecule has 0 atom stereocenters. The molecule has 1 N–H and O–H groups in total. The van der Waals surface area contributed by atoms with E-state index in [9.17, 15) is 0 Å². The number of fused-ring (bicyclic) bond motifs is 1. The molecule has 0 spiro atoms. The summed E-state index contributed by atoms with van der Waals surface area (Å²) in [6, 6.07) is 8.49. The molecular weight excluding hydrogens is 274 g/mol. The molecule has 5 heteroatoms. The Hall–Kier alpha value is -1.59. The van der Waals surface area contributed by atoms with Gasteiger partial charge in [-0.3, -0.25) is 0 Å². The fourth-order valence-corrected chi connectivity index (χ4v) is 3.74. The molecule has 0 fully saturated rings. The fourth-order valence-electron chi connectivity index (χ4n) is 1.80. The van der Waals surface area contributed by atoms with E-state index in [2.05, 4.69) is 51.9 Å². The number of hydrogen-bond donors (Lipinski definition) is 1. The van der Waals surface area contributed by atoms with Gasteiger partial charge in [-0.05, 0) is 19.1 Å². The number of aromatic nitrogens is 2. The first-order chi connectivity index (χ1) is 9.28. The van der Waals surface area contributed by atoms with E-state index in [1.807, 2.05) is 7.05 Å². The molecule has 2 heterocycles. The van der Waals surface area contributed by atoms with Crippen LogP contribution in [0.3, 0.4) is 0 Å². The summed E-state index contributed by atoms with van der Waals surface area (Å²) >= 11 is 3.36. The van der Waals surface area contributed by atoms with Gasteiger partial charge in [-0.25, -0.2) is 9.97 Å². The molecule has 0 radical (unpaired) electrons. The monoisotopic (exact) mass is 287 g/mol. The van der Waals surface area contributed by atoms with Gasteiger partial charge in [-0.1, -0.05) is 29.5 Å². The van der Waals surface area contributed by atoms with Gasteiger partial charge in [0.25, 0.3) is 0 Å². The highest BCUT2D eigenvalue weighted by atomic mass is 32.2. The van der Waals surface area contributed by atoms with Crippen molar-refractivity contribution in [3.63, 3.8) is 0 Å². The standard InChI is InChI=1S/C14H13N3S2/c1-9-3-5-10(6-4-9)19-14-13-12(16-8-17-14)11(15-2)7-18-13/h3-8,15H,1-2H3. The molecular formula is C14H13N3S2. The number of nitrogens with one attached hydrogen (secondary N) is 1. The summed E-state index contributed by atoms with van der Waals surface area (Å²) in [6.07, 6.45) is 1.63. The fraction of sp³-hybridized carbons (Fsp3) is 0.143. The van der Waals surface area contributed by atoms with Crippen LogP contribution in [0.5, 0.6) is 0 Å². The van der Waals surface area contributed by atoms with Crippen molar-refractivity contribution in [3.05, 3.63) is 41.5 Å². The Morgan fingerprint density at radius 2 is 1.95 bits per heavy atom. The van der Waals surface area contributed by atoms with Crippen LogP contribution < -0.4 is 5.32 Å². The van der Waals surface area contributed by atoms with Crippen molar-refractivity contribution < 1.29 is 0 Å². The minimum absolute atomic E-state index is 0.997. The summed E-state index contributed by atoms with van der Waals surface area (Å²) < 4.78 is 1.14. The lowest BCUT2D eigenvalue weighted by Crippen LogP contribution is -1.88. The Labute approximate surface area is 120 Å². The van der Waals surface area contributed by atoms with Crippen LogP contribution in [0.2, 0.25) is 0 Å². The smallest absolute Gasteiger partial charge is 0.122 e. The summed E-state index contributed by atoms with van der Waals surface area (Å²) in [6.45, 7) is 2.09. The summed E-state index contributed by atoms with van der Waals surface area (Å²) in [7, 11) is 1.91. The number of anilines is 1. The van der Waals surface area contributed by atoms with E-state index >= 15 is 0 Å². The van der Waals surface area contributed by atoms with E-state index in [1.54, 1.807) is 29.4 Å². The minimum Gasteiger partial charge on any atom is -0.386 e. The zero-order valence-electron chi connectivity index (χ0n) is 10.7. The predicted octanol–water partition coefficient (Wildman–Crippen LogP) is 4.19. The topological polar surface area (TPSA) is 37.8 Å². The lowest BCUT2D eigenvalue weighted by Gasteiger charge is -2.03. The van der Waals surface area contributed by atoms with Gasteiger partial charge in [0, 0.05) is 17.3 Å². The van der Waals surface area contributed by atoms with E-state index in [-0.39, 0.29) is 0 Å². The lowest BCUT2D eigenvalue weighted by molar-refractivity contribution is 1.11. The third kappa shape index (κ3) is 2.43. The Balaban J connectivity index is 2.01. The molecule has 96 valence electrons. The Kier molecular flexibility index (Phi) is 3.40. The van der Waals surface area contributed by atoms with Gasteiger partial charge in [0.2, 0.25) is 0 Å². The molecule has 0 aliphatic carbocycles. The number of nitrogens with zero attached hydrogens (tertiary/aromatic N) is 2. The van der Waals surface area contributed by atoms with Crippen molar-refractivity contribution in [3.8, 4) is 0 Å². The molecule has 0 bridgehead atoms. The normalized spacial score (nSPS) is 10.8. The van der Waals surface area contributed by atoms with Crippen LogP contribution in [0.15, 0.2) is 45.9 Å². The van der Waals surface area contributed by atoms with Crippen molar-refractivity contribution in [2.75, 3.05) is 12.4 Å². The second-order valence-corrected chi connectivity index (χ2v) is 6.11. The Morgan fingerprint density at radius 3 is 2.68 bits per heavy atom. The molecule has 3 rings (SSSR count). The van der Waals surface area contributed by atoms with E-state index in [4.69, 9.17) is 0 Å². The van der Waals surface area contributed by atoms with E-state index in [0.717, 1.165) is 20.9 Å². The zero-order chi connectivity index (χ0) is 13.2. The average Bonchev–Trinajstić information content (AvgIpc) is 2.85. The van der Waals surface area contributed by atoms with Crippen molar-refractivity contribution in [2.45, 2.75) is 16.8 Å². The molecule has 0 saturated carbocycles. The Bertz CT molecular complexity index is 704. The number of rotatable bonds is 3. The molecule has 0 amide bonds. The van der Waals surface area contributed by atoms with Crippen molar-refractivity contribution >= 4 is 39.0 Å². The maximum absolute atomic E-state index is 4.41. The molecule has 3 aromatic rings. The first-order valence-corrected chi connectivity index (χ1v) is 7.62. The van der Waals surface area contributed by atoms with Crippen molar-refractivity contribution in [1.29, 1.82) is 0 Å². The number of hydrogen-bond acceptors (Lipinski definition) is 5. The van der Waals surface area contributed by atoms with Gasteiger partial charge in [0.15, 0.2) is 0 Å². The van der Waals surface area contributed by atoms with Crippen molar-refractivity contribution in [1.82, 2.24) is 9.97 Å². The minimum atomic E-state index is 0.997. The van der Waals surface area contributed by atoms with Gasteiger partial charge in [-0.2, -0.15) is 0 Å². The van der Waals surface area contributed by atoms with Crippen LogP contribution in [0.25, 0.3) is 10.2 Å². The van der Waals surface area contributed by atoms with E-state index in [0.29, 0.717) is 0 Å². The molecule has 3 nitrogen and oxygen atoms in total. The van der Waals surface area contributed by atoms with Gasteiger partial charge >= 0.3 is 0 Å². The van der Waals surface area contributed by atoms with Gasteiger partial charge < -0.3 is 5.32 Å². The van der Waals surface area contributed by atoms with E-state index < -0.39 is 0 Å². The van der Waals surface area contributed by atoms with Gasteiger partial charge in [-0.15, -0.1) is 11.3 Å². The summed E-state index contributed by atoms with van der Waals surface area (Å²) in [5.41, 5.74) is 3.33. The third-order valence-corrected chi connectivity index (χ3v) is 4.94. The SMILES string of the molecule is CNc1csc2c(Sc3ccc(C)cc3)ncnc12. The first-order valence-electron chi connectivity index (χ1n) is 5.92. The molecule has 19 heavy (non-hydrogen) atoms. The highest BCUT2D eigenvalue weighted by Crippen LogP contribution is 2.37. The molecule has 0 aliphatic rings. The summed E-state index contributed by atoms with van der Waals surface area (Å²) in [5.74, 6) is 0. The molecule has 0 unspecified atom stereocenters. The zero-order valence-corrected chi connectivity index (χ0v) is 12.3. The van der Waals surface area contributed by atoms with Crippen LogP contribution in [0, 0.1) is 6.92 Å². The van der Waals surface area contributed by atoms with Crippen LogP contribution >= 0.6 is 23.1 Å². The highest BCUT2D eigenvalue weighted by molar-refractivity contribution is 7.99. The average molecular weight is 287 g/mol. The highest BCUT2D eigenvalue weighted by Gasteiger charge is 2.10. The molecule has 0 saturated heterocycles. The van der Waals surface area contributed by atoms with Gasteiger partial charge in [0.05, 0.1) is 10.4 Å². The number of thiophene rings is 1. The first kappa shape index (κ1) is 12.4. The Morgan fingerprint density at radius 1 is 1.16 bits per heavy atom. The molecule has 0 aliphatic heterocycles. The summed E-state index contributed by atoms with van der Waals surface area (Å²) in [5, 5.41) is 6.26. The van der Waals surface area contributed by atoms with Gasteiger partial charge in [0.1, 0.15) is 16.9 Å². The van der Waals surface area contributed by atoms with Crippen LogP contribution in [0.1, 0.15) is 5.56 Å². The van der Waals surface area contributed by atoms with Crippen LogP contribution in [-0.4, -0.2) is 17.0 Å². The second kappa shape index (κ2) is 5.19. The lowest BCUT2D eigenvalue weighted by atomic mass is 10.2. The maximum Gasteiger partial charge on any atom is 0.122 e. The quantitative estimate of drug-likeness (QED) is 0.733.